The zero-order valence-electron chi connectivity index (χ0n) is 14.6. The smallest absolute Gasteiger partial charge is 0.227 e. The third-order valence-electron chi connectivity index (χ3n) is 4.61. The summed E-state index contributed by atoms with van der Waals surface area (Å²) in [5.74, 6) is 0.421. The monoisotopic (exact) mass is 334 g/mol. The third kappa shape index (κ3) is 3.70. The van der Waals surface area contributed by atoms with Crippen LogP contribution in [0.1, 0.15) is 31.4 Å². The lowest BCUT2D eigenvalue weighted by Crippen LogP contribution is -2.48. The number of methoxy groups -OCH3 is 1. The van der Waals surface area contributed by atoms with Crippen LogP contribution < -0.4 is 4.74 Å². The Bertz CT molecular complexity index is 590. The topological polar surface area (TPSA) is 70.1 Å². The van der Waals surface area contributed by atoms with Crippen molar-refractivity contribution in [1.82, 2.24) is 9.80 Å². The lowest BCUT2D eigenvalue weighted by Gasteiger charge is -2.41. The Morgan fingerprint density at radius 2 is 2.21 bits per heavy atom. The van der Waals surface area contributed by atoms with E-state index in [-0.39, 0.29) is 30.4 Å². The summed E-state index contributed by atoms with van der Waals surface area (Å²) in [6.07, 6.45) is 0.892. The highest BCUT2D eigenvalue weighted by Crippen LogP contribution is 2.38. The van der Waals surface area contributed by atoms with Crippen LogP contribution in [0.15, 0.2) is 24.3 Å². The standard InChI is InChI=1S/C18H26N2O4/c1-4-20-16(22)9-8-15(18(23)19(2)10-11-21)17(20)13-6-5-7-14(12-13)24-3/h5-7,12,15,17,21H,4,8-11H2,1-3H3/t15-,17+/m1/s1. The SMILES string of the molecule is CCN1C(=O)CC[C@@H](C(=O)N(C)CCO)[C@@H]1c1cccc(OC)c1. The molecule has 1 aromatic rings. The Hall–Kier alpha value is -2.08. The van der Waals surface area contributed by atoms with Gasteiger partial charge in [-0.25, -0.2) is 0 Å². The second-order valence-electron chi connectivity index (χ2n) is 6.03. The molecule has 2 amide bonds. The molecule has 1 fully saturated rings. The van der Waals surface area contributed by atoms with Gasteiger partial charge in [0.1, 0.15) is 5.75 Å². The van der Waals surface area contributed by atoms with Crippen LogP contribution in [0.4, 0.5) is 0 Å². The fourth-order valence-corrected chi connectivity index (χ4v) is 3.37. The lowest BCUT2D eigenvalue weighted by molar-refractivity contribution is -0.147. The summed E-state index contributed by atoms with van der Waals surface area (Å²) in [6.45, 7) is 2.69. The number of nitrogens with zero attached hydrogens (tertiary/aromatic N) is 2. The van der Waals surface area contributed by atoms with Crippen LogP contribution in [0.5, 0.6) is 5.75 Å². The summed E-state index contributed by atoms with van der Waals surface area (Å²) < 4.78 is 5.29. The molecule has 0 saturated carbocycles. The van der Waals surface area contributed by atoms with Crippen molar-refractivity contribution in [3.05, 3.63) is 29.8 Å². The van der Waals surface area contributed by atoms with Crippen molar-refractivity contribution in [3.63, 3.8) is 0 Å². The second-order valence-corrected chi connectivity index (χ2v) is 6.03. The normalized spacial score (nSPS) is 20.8. The third-order valence-corrected chi connectivity index (χ3v) is 4.61. The number of hydrogen-bond donors (Lipinski definition) is 1. The van der Waals surface area contributed by atoms with Crippen LogP contribution in [-0.4, -0.2) is 60.6 Å². The van der Waals surface area contributed by atoms with Gasteiger partial charge in [-0.15, -0.1) is 0 Å². The van der Waals surface area contributed by atoms with Gasteiger partial charge in [0.25, 0.3) is 0 Å². The fraction of sp³-hybridized carbons (Fsp3) is 0.556. The van der Waals surface area contributed by atoms with E-state index in [1.54, 1.807) is 24.0 Å². The molecule has 0 spiro atoms. The van der Waals surface area contributed by atoms with Crippen molar-refractivity contribution in [1.29, 1.82) is 0 Å². The number of hydrogen-bond acceptors (Lipinski definition) is 4. The number of aliphatic hydroxyl groups excluding tert-OH is 1. The van der Waals surface area contributed by atoms with Gasteiger partial charge >= 0.3 is 0 Å². The Kier molecular flexibility index (Phi) is 6.20. The highest BCUT2D eigenvalue weighted by Gasteiger charge is 2.40. The summed E-state index contributed by atoms with van der Waals surface area (Å²) in [7, 11) is 3.29. The van der Waals surface area contributed by atoms with E-state index in [1.807, 2.05) is 31.2 Å². The Morgan fingerprint density at radius 1 is 1.46 bits per heavy atom. The first-order chi connectivity index (χ1) is 11.5. The van der Waals surface area contributed by atoms with Gasteiger partial charge in [-0.05, 0) is 31.0 Å². The van der Waals surface area contributed by atoms with E-state index < -0.39 is 0 Å². The molecule has 0 radical (unpaired) electrons. The molecular formula is C18H26N2O4. The van der Waals surface area contributed by atoms with Crippen molar-refractivity contribution in [2.75, 3.05) is 33.9 Å². The van der Waals surface area contributed by atoms with Gasteiger partial charge in [0.05, 0.1) is 25.7 Å². The van der Waals surface area contributed by atoms with Gasteiger partial charge < -0.3 is 19.6 Å². The van der Waals surface area contributed by atoms with E-state index in [1.165, 1.54) is 0 Å². The van der Waals surface area contributed by atoms with Crippen LogP contribution in [0, 0.1) is 5.92 Å². The number of piperidine rings is 1. The highest BCUT2D eigenvalue weighted by atomic mass is 16.5. The highest BCUT2D eigenvalue weighted by molar-refractivity contribution is 5.85. The molecule has 1 N–H and O–H groups in total. The molecule has 0 aliphatic carbocycles. The quantitative estimate of drug-likeness (QED) is 0.855. The molecule has 132 valence electrons. The van der Waals surface area contributed by atoms with E-state index in [9.17, 15) is 9.59 Å². The van der Waals surface area contributed by atoms with Crippen molar-refractivity contribution in [3.8, 4) is 5.75 Å². The molecule has 0 bridgehead atoms. The van der Waals surface area contributed by atoms with E-state index >= 15 is 0 Å². The predicted octanol–water partition coefficient (Wildman–Crippen LogP) is 1.45. The zero-order valence-corrected chi connectivity index (χ0v) is 14.6. The Balaban J connectivity index is 2.40. The number of benzene rings is 1. The number of carbonyl (C=O) groups is 2. The molecule has 0 unspecified atom stereocenters. The molecule has 1 saturated heterocycles. The Labute approximate surface area is 143 Å². The van der Waals surface area contributed by atoms with Crippen molar-refractivity contribution in [2.24, 2.45) is 5.92 Å². The molecule has 24 heavy (non-hydrogen) atoms. The minimum Gasteiger partial charge on any atom is -0.497 e. The summed E-state index contributed by atoms with van der Waals surface area (Å²) in [6, 6.07) is 7.23. The molecule has 1 aromatic carbocycles. The number of rotatable bonds is 6. The van der Waals surface area contributed by atoms with Gasteiger partial charge in [0, 0.05) is 26.6 Å². The van der Waals surface area contributed by atoms with Gasteiger partial charge in [-0.3, -0.25) is 9.59 Å². The summed E-state index contributed by atoms with van der Waals surface area (Å²) in [5.41, 5.74) is 0.903. The van der Waals surface area contributed by atoms with Crippen LogP contribution in [0.3, 0.4) is 0 Å². The molecule has 2 rings (SSSR count). The van der Waals surface area contributed by atoms with E-state index in [0.29, 0.717) is 31.7 Å². The maximum atomic E-state index is 12.8. The molecule has 1 heterocycles. The second kappa shape index (κ2) is 8.15. The average molecular weight is 334 g/mol. The van der Waals surface area contributed by atoms with Crippen LogP contribution in [0.25, 0.3) is 0 Å². The largest absolute Gasteiger partial charge is 0.497 e. The summed E-state index contributed by atoms with van der Waals surface area (Å²) >= 11 is 0. The average Bonchev–Trinajstić information content (AvgIpc) is 2.61. The van der Waals surface area contributed by atoms with E-state index in [2.05, 4.69) is 0 Å². The predicted molar refractivity (Wildman–Crippen MR) is 90.6 cm³/mol. The minimum atomic E-state index is -0.314. The number of likely N-dealkylation sites (tertiary alicyclic amines) is 1. The van der Waals surface area contributed by atoms with Crippen LogP contribution in [0.2, 0.25) is 0 Å². The molecule has 0 aromatic heterocycles. The first-order valence-electron chi connectivity index (χ1n) is 8.32. The van der Waals surface area contributed by atoms with Crippen molar-refractivity contribution >= 4 is 11.8 Å². The van der Waals surface area contributed by atoms with Crippen molar-refractivity contribution < 1.29 is 19.4 Å². The van der Waals surface area contributed by atoms with Gasteiger partial charge in [0.15, 0.2) is 0 Å². The van der Waals surface area contributed by atoms with Gasteiger partial charge in [-0.1, -0.05) is 12.1 Å². The first kappa shape index (κ1) is 18.3. The molecule has 1 aliphatic rings. The maximum Gasteiger partial charge on any atom is 0.227 e. The fourth-order valence-electron chi connectivity index (χ4n) is 3.37. The van der Waals surface area contributed by atoms with Gasteiger partial charge in [0.2, 0.25) is 11.8 Å². The number of carbonyl (C=O) groups excluding carboxylic acids is 2. The number of likely N-dealkylation sites (N-methyl/N-ethyl adjacent to an activating group) is 1. The maximum absolute atomic E-state index is 12.8. The number of amides is 2. The first-order valence-corrected chi connectivity index (χ1v) is 8.32. The number of aliphatic hydroxyl groups is 1. The molecule has 6 heteroatoms. The number of ether oxygens (including phenoxy) is 1. The van der Waals surface area contributed by atoms with E-state index in [4.69, 9.17) is 9.84 Å². The molecule has 1 aliphatic heterocycles. The summed E-state index contributed by atoms with van der Waals surface area (Å²) in [5, 5.41) is 9.10. The molecule has 6 nitrogen and oxygen atoms in total. The van der Waals surface area contributed by atoms with E-state index in [0.717, 1.165) is 5.56 Å². The molecular weight excluding hydrogens is 308 g/mol. The molecule has 2 atom stereocenters. The summed E-state index contributed by atoms with van der Waals surface area (Å²) in [4.78, 5) is 28.5. The zero-order chi connectivity index (χ0) is 17.7. The Morgan fingerprint density at radius 3 is 2.83 bits per heavy atom. The lowest BCUT2D eigenvalue weighted by atomic mass is 9.83. The van der Waals surface area contributed by atoms with Crippen molar-refractivity contribution in [2.45, 2.75) is 25.8 Å². The minimum absolute atomic E-state index is 0.0391. The van der Waals surface area contributed by atoms with Crippen LogP contribution >= 0.6 is 0 Å². The van der Waals surface area contributed by atoms with Gasteiger partial charge in [-0.2, -0.15) is 0 Å². The van der Waals surface area contributed by atoms with Crippen LogP contribution in [-0.2, 0) is 9.59 Å².